The second kappa shape index (κ2) is 9.84. The largest absolute Gasteiger partial charge is 0.354 e. The summed E-state index contributed by atoms with van der Waals surface area (Å²) in [4.78, 5) is 23.0. The van der Waals surface area contributed by atoms with Crippen LogP contribution in [0.5, 0.6) is 0 Å². The van der Waals surface area contributed by atoms with Gasteiger partial charge in [-0.1, -0.05) is 54.6 Å². The Morgan fingerprint density at radius 3 is 2.47 bits per heavy atom. The Hall–Kier alpha value is -4.16. The second-order valence-electron chi connectivity index (χ2n) is 9.40. The van der Waals surface area contributed by atoms with E-state index >= 15 is 0 Å². The van der Waals surface area contributed by atoms with Crippen molar-refractivity contribution in [2.45, 2.75) is 19.3 Å². The first-order chi connectivity index (χ1) is 17.7. The van der Waals surface area contributed by atoms with Crippen LogP contribution in [0.3, 0.4) is 0 Å². The molecule has 36 heavy (non-hydrogen) atoms. The number of amides is 1. The molecule has 2 aliphatic heterocycles. The molecule has 1 fully saturated rings. The van der Waals surface area contributed by atoms with Crippen LogP contribution in [-0.2, 0) is 11.2 Å². The van der Waals surface area contributed by atoms with E-state index in [1.54, 1.807) is 6.33 Å². The van der Waals surface area contributed by atoms with E-state index in [0.717, 1.165) is 52.4 Å². The van der Waals surface area contributed by atoms with Gasteiger partial charge in [0.1, 0.15) is 0 Å². The van der Waals surface area contributed by atoms with Crippen LogP contribution in [0.4, 0.5) is 11.4 Å². The quantitative estimate of drug-likeness (QED) is 0.302. The van der Waals surface area contributed by atoms with Gasteiger partial charge in [0.2, 0.25) is 0 Å². The van der Waals surface area contributed by atoms with E-state index in [9.17, 15) is 4.79 Å². The summed E-state index contributed by atoms with van der Waals surface area (Å²) >= 11 is 0. The summed E-state index contributed by atoms with van der Waals surface area (Å²) < 4.78 is 0. The molecule has 6 nitrogen and oxygen atoms in total. The van der Waals surface area contributed by atoms with Crippen LogP contribution in [0.1, 0.15) is 29.5 Å². The SMILES string of the molecule is O=C1Nc2ccccc2/C1=C(/Nc1ccc(-c2c[nH]cn2)cc1)c1ccc(CCN2CCCC2)cc1. The smallest absolute Gasteiger partial charge is 0.258 e. The highest BCUT2D eigenvalue weighted by Gasteiger charge is 2.28. The second-order valence-corrected chi connectivity index (χ2v) is 9.40. The molecule has 3 aromatic carbocycles. The first-order valence-electron chi connectivity index (χ1n) is 12.6. The number of carbonyl (C=O) groups is 1. The van der Waals surface area contributed by atoms with Gasteiger partial charge in [0.15, 0.2) is 0 Å². The van der Waals surface area contributed by atoms with Gasteiger partial charge in [-0.25, -0.2) is 4.98 Å². The number of aromatic amines is 1. The number of para-hydroxylation sites is 1. The van der Waals surface area contributed by atoms with Crippen molar-refractivity contribution in [2.75, 3.05) is 30.3 Å². The van der Waals surface area contributed by atoms with Gasteiger partial charge in [0.25, 0.3) is 5.91 Å². The molecule has 1 amide bonds. The summed E-state index contributed by atoms with van der Waals surface area (Å²) in [6.45, 7) is 3.53. The maximum atomic E-state index is 13.1. The fourth-order valence-electron chi connectivity index (χ4n) is 5.06. The zero-order valence-electron chi connectivity index (χ0n) is 20.1. The molecule has 1 saturated heterocycles. The Morgan fingerprint density at radius 2 is 1.72 bits per heavy atom. The molecule has 3 heterocycles. The van der Waals surface area contributed by atoms with Crippen molar-refractivity contribution in [1.82, 2.24) is 14.9 Å². The highest BCUT2D eigenvalue weighted by molar-refractivity contribution is 6.37. The van der Waals surface area contributed by atoms with Gasteiger partial charge in [-0.15, -0.1) is 0 Å². The summed E-state index contributed by atoms with van der Waals surface area (Å²) in [5, 5.41) is 6.58. The lowest BCUT2D eigenvalue weighted by molar-refractivity contribution is -0.110. The molecule has 0 aliphatic carbocycles. The third kappa shape index (κ3) is 4.55. The highest BCUT2D eigenvalue weighted by Crippen LogP contribution is 2.37. The van der Waals surface area contributed by atoms with Gasteiger partial charge in [-0.05, 0) is 61.7 Å². The van der Waals surface area contributed by atoms with Gasteiger partial charge in [0, 0.05) is 35.2 Å². The molecule has 1 aromatic heterocycles. The Balaban J connectivity index is 1.32. The molecule has 0 bridgehead atoms. The summed E-state index contributed by atoms with van der Waals surface area (Å²) in [5.74, 6) is -0.0926. The molecule has 0 radical (unpaired) electrons. The van der Waals surface area contributed by atoms with Crippen molar-refractivity contribution in [2.24, 2.45) is 0 Å². The minimum atomic E-state index is -0.0926. The third-order valence-electron chi connectivity index (χ3n) is 7.03. The predicted molar refractivity (Wildman–Crippen MR) is 145 cm³/mol. The number of rotatable bonds is 7. The predicted octanol–water partition coefficient (Wildman–Crippen LogP) is 5.65. The molecule has 0 atom stereocenters. The number of likely N-dealkylation sites (tertiary alicyclic amines) is 1. The van der Waals surface area contributed by atoms with Crippen LogP contribution in [0, 0.1) is 0 Å². The topological polar surface area (TPSA) is 73.0 Å². The first-order valence-corrected chi connectivity index (χ1v) is 12.6. The number of hydrogen-bond acceptors (Lipinski definition) is 4. The number of nitrogens with one attached hydrogen (secondary N) is 3. The number of fused-ring (bicyclic) bond motifs is 1. The molecule has 0 unspecified atom stereocenters. The minimum absolute atomic E-state index is 0.0926. The fourth-order valence-corrected chi connectivity index (χ4v) is 5.06. The first kappa shape index (κ1) is 22.3. The van der Waals surface area contributed by atoms with Gasteiger partial charge < -0.3 is 20.5 Å². The van der Waals surface area contributed by atoms with E-state index < -0.39 is 0 Å². The standard InChI is InChI=1S/C30H29N5O/c36-30-28(25-5-1-2-6-26(25)34-30)29(33-24-13-11-22(12-14-24)27-19-31-20-32-27)23-9-7-21(8-10-23)15-18-35-16-3-4-17-35/h1-2,5-14,19-20,33H,3-4,15-18H2,(H,31,32)(H,34,36)/b29-28-. The van der Waals surface area contributed by atoms with Crippen LogP contribution in [0.2, 0.25) is 0 Å². The van der Waals surface area contributed by atoms with Crippen molar-refractivity contribution in [3.8, 4) is 11.3 Å². The summed E-state index contributed by atoms with van der Waals surface area (Å²) in [7, 11) is 0. The summed E-state index contributed by atoms with van der Waals surface area (Å²) in [5.41, 5.74) is 8.35. The Kier molecular flexibility index (Phi) is 6.10. The number of benzene rings is 3. The number of anilines is 2. The van der Waals surface area contributed by atoms with Crippen molar-refractivity contribution < 1.29 is 4.79 Å². The van der Waals surface area contributed by atoms with E-state index in [0.29, 0.717) is 5.57 Å². The normalized spacial score (nSPS) is 16.6. The molecule has 0 spiro atoms. The Bertz CT molecular complexity index is 1380. The molecule has 2 aliphatic rings. The van der Waals surface area contributed by atoms with Crippen molar-refractivity contribution in [3.63, 3.8) is 0 Å². The maximum Gasteiger partial charge on any atom is 0.258 e. The Morgan fingerprint density at radius 1 is 0.944 bits per heavy atom. The van der Waals surface area contributed by atoms with Gasteiger partial charge >= 0.3 is 0 Å². The average Bonchev–Trinajstić information content (AvgIpc) is 3.69. The number of nitrogens with zero attached hydrogens (tertiary/aromatic N) is 2. The lowest BCUT2D eigenvalue weighted by Crippen LogP contribution is -2.21. The van der Waals surface area contributed by atoms with E-state index in [2.05, 4.69) is 49.8 Å². The number of hydrogen-bond donors (Lipinski definition) is 3. The number of imidazole rings is 1. The van der Waals surface area contributed by atoms with Crippen LogP contribution in [0.25, 0.3) is 22.5 Å². The lowest BCUT2D eigenvalue weighted by atomic mass is 9.98. The molecule has 180 valence electrons. The molecular formula is C30H29N5O. The van der Waals surface area contributed by atoms with Gasteiger partial charge in [-0.2, -0.15) is 0 Å². The van der Waals surface area contributed by atoms with Crippen molar-refractivity contribution in [3.05, 3.63) is 102 Å². The molecule has 4 aromatic rings. The van der Waals surface area contributed by atoms with Crippen LogP contribution in [0.15, 0.2) is 85.3 Å². The monoisotopic (exact) mass is 475 g/mol. The van der Waals surface area contributed by atoms with Crippen LogP contribution in [-0.4, -0.2) is 40.4 Å². The zero-order valence-corrected chi connectivity index (χ0v) is 20.1. The lowest BCUT2D eigenvalue weighted by Gasteiger charge is -2.17. The Labute approximate surface area is 211 Å². The number of H-pyrrole nitrogens is 1. The van der Waals surface area contributed by atoms with Crippen LogP contribution >= 0.6 is 0 Å². The highest BCUT2D eigenvalue weighted by atomic mass is 16.2. The average molecular weight is 476 g/mol. The van der Waals surface area contributed by atoms with Crippen LogP contribution < -0.4 is 10.6 Å². The molecule has 6 rings (SSSR count). The molecule has 6 heteroatoms. The van der Waals surface area contributed by atoms with Crippen molar-refractivity contribution in [1.29, 1.82) is 0 Å². The molecule has 0 saturated carbocycles. The number of aromatic nitrogens is 2. The van der Waals surface area contributed by atoms with Gasteiger partial charge in [0.05, 0.1) is 23.3 Å². The summed E-state index contributed by atoms with van der Waals surface area (Å²) in [6, 6.07) is 24.6. The fraction of sp³-hybridized carbons (Fsp3) is 0.200. The summed E-state index contributed by atoms with van der Waals surface area (Å²) in [6.07, 6.45) is 7.22. The zero-order chi connectivity index (χ0) is 24.3. The van der Waals surface area contributed by atoms with E-state index in [1.807, 2.05) is 54.7 Å². The third-order valence-corrected chi connectivity index (χ3v) is 7.03. The van der Waals surface area contributed by atoms with E-state index in [4.69, 9.17) is 0 Å². The van der Waals surface area contributed by atoms with E-state index in [1.165, 1.54) is 31.5 Å². The maximum absolute atomic E-state index is 13.1. The number of carbonyl (C=O) groups excluding carboxylic acids is 1. The minimum Gasteiger partial charge on any atom is -0.354 e. The van der Waals surface area contributed by atoms with E-state index in [-0.39, 0.29) is 5.91 Å². The molecule has 3 N–H and O–H groups in total. The van der Waals surface area contributed by atoms with Crippen molar-refractivity contribution >= 4 is 28.6 Å². The molecular weight excluding hydrogens is 446 g/mol. The van der Waals surface area contributed by atoms with Gasteiger partial charge in [-0.3, -0.25) is 4.79 Å².